The van der Waals surface area contributed by atoms with E-state index in [1.165, 1.54) is 32.8 Å². The van der Waals surface area contributed by atoms with E-state index in [-0.39, 0.29) is 23.4 Å². The smallest absolute Gasteiger partial charge is 0.305 e. The molecule has 0 heterocycles. The van der Waals surface area contributed by atoms with Gasteiger partial charge in [0, 0.05) is 18.8 Å². The normalized spacial score (nSPS) is 47.7. The molecule has 0 aliphatic heterocycles. The molecule has 0 radical (unpaired) electrons. The van der Waals surface area contributed by atoms with Crippen LogP contribution in [0.2, 0.25) is 0 Å². The highest BCUT2D eigenvalue weighted by atomic mass is 16.5. The number of fused-ring (bicyclic) bond motifs is 5. The number of hydrogen-bond acceptors (Lipinski definition) is 4. The lowest BCUT2D eigenvalue weighted by molar-refractivity contribution is -0.160. The van der Waals surface area contributed by atoms with Gasteiger partial charge < -0.3 is 9.84 Å². The highest BCUT2D eigenvalue weighted by Gasteiger charge is 2.62. The van der Waals surface area contributed by atoms with Gasteiger partial charge in [-0.2, -0.15) is 0 Å². The van der Waals surface area contributed by atoms with Crippen LogP contribution in [0.1, 0.15) is 85.0 Å². The highest BCUT2D eigenvalue weighted by molar-refractivity contribution is 5.83. The highest BCUT2D eigenvalue weighted by Crippen LogP contribution is 2.67. The van der Waals surface area contributed by atoms with Gasteiger partial charge in [0.15, 0.2) is 0 Å². The number of aliphatic hydroxyl groups is 1. The number of carbonyl (C=O) groups excluding carboxylic acids is 2. The summed E-state index contributed by atoms with van der Waals surface area (Å²) in [6, 6.07) is 0. The zero-order chi connectivity index (χ0) is 21.0. The van der Waals surface area contributed by atoms with Gasteiger partial charge in [-0.1, -0.05) is 20.8 Å². The van der Waals surface area contributed by atoms with E-state index < -0.39 is 0 Å². The second-order valence-corrected chi connectivity index (χ2v) is 11.4. The first-order chi connectivity index (χ1) is 13.7. The summed E-state index contributed by atoms with van der Waals surface area (Å²) in [6.45, 7) is 7.18. The topological polar surface area (TPSA) is 63.6 Å². The van der Waals surface area contributed by atoms with Gasteiger partial charge in [-0.15, -0.1) is 0 Å². The van der Waals surface area contributed by atoms with Gasteiger partial charge in [0.05, 0.1) is 13.2 Å². The maximum Gasteiger partial charge on any atom is 0.305 e. The fourth-order valence-electron chi connectivity index (χ4n) is 8.64. The molecule has 4 heteroatoms. The number of Topliss-reactive ketones (excluding diaryl/α,β-unsaturated/α-hetero) is 1. The molecule has 0 aromatic heterocycles. The van der Waals surface area contributed by atoms with E-state index >= 15 is 0 Å². The maximum atomic E-state index is 13.2. The van der Waals surface area contributed by atoms with Crippen molar-refractivity contribution in [2.75, 3.05) is 7.11 Å². The molecule has 9 atom stereocenters. The van der Waals surface area contributed by atoms with Crippen molar-refractivity contribution in [3.8, 4) is 0 Å². The molecule has 164 valence electrons. The Balaban J connectivity index is 1.52. The third-order valence-electron chi connectivity index (χ3n) is 10.2. The van der Waals surface area contributed by atoms with E-state index in [2.05, 4.69) is 20.8 Å². The number of rotatable bonds is 4. The molecule has 0 aromatic rings. The van der Waals surface area contributed by atoms with Crippen LogP contribution in [-0.2, 0) is 14.3 Å². The molecule has 0 bridgehead atoms. The summed E-state index contributed by atoms with van der Waals surface area (Å²) in [6.07, 6.45) is 9.39. The van der Waals surface area contributed by atoms with Crippen LogP contribution >= 0.6 is 0 Å². The average molecular weight is 405 g/mol. The Kier molecular flexibility index (Phi) is 5.63. The minimum Gasteiger partial charge on any atom is -0.469 e. The Bertz CT molecular complexity index is 659. The van der Waals surface area contributed by atoms with Crippen LogP contribution in [0.4, 0.5) is 0 Å². The third kappa shape index (κ3) is 3.38. The number of hydrogen-bond donors (Lipinski definition) is 1. The minimum atomic E-state index is -0.283. The average Bonchev–Trinajstić information content (AvgIpc) is 3.05. The van der Waals surface area contributed by atoms with Crippen LogP contribution in [-0.4, -0.2) is 30.1 Å². The van der Waals surface area contributed by atoms with Gasteiger partial charge in [-0.05, 0) is 91.8 Å². The van der Waals surface area contributed by atoms with Crippen LogP contribution in [0.5, 0.6) is 0 Å². The quantitative estimate of drug-likeness (QED) is 0.685. The Labute approximate surface area is 176 Å². The second kappa shape index (κ2) is 7.66. The molecule has 4 saturated carbocycles. The molecule has 0 aromatic carbocycles. The molecule has 4 nitrogen and oxygen atoms in total. The van der Waals surface area contributed by atoms with Gasteiger partial charge in [0.1, 0.15) is 5.78 Å². The summed E-state index contributed by atoms with van der Waals surface area (Å²) in [5.74, 6) is 3.37. The van der Waals surface area contributed by atoms with Crippen LogP contribution in [0.25, 0.3) is 0 Å². The lowest BCUT2D eigenvalue weighted by Crippen LogP contribution is -2.57. The van der Waals surface area contributed by atoms with Crippen LogP contribution in [0.15, 0.2) is 0 Å². The molecule has 4 fully saturated rings. The zero-order valence-corrected chi connectivity index (χ0v) is 18.8. The number of ketones is 1. The summed E-state index contributed by atoms with van der Waals surface area (Å²) in [5, 5.41) is 10.2. The molecule has 4 aliphatic rings. The first kappa shape index (κ1) is 21.3. The first-order valence-corrected chi connectivity index (χ1v) is 12.0. The zero-order valence-electron chi connectivity index (χ0n) is 18.8. The number of aliphatic hydroxyl groups excluding tert-OH is 1. The minimum absolute atomic E-state index is 0.0769. The van der Waals surface area contributed by atoms with Crippen molar-refractivity contribution in [1.82, 2.24) is 0 Å². The molecular formula is C25H40O4. The molecule has 1 N–H and O–H groups in total. The van der Waals surface area contributed by atoms with E-state index in [0.717, 1.165) is 25.7 Å². The summed E-state index contributed by atoms with van der Waals surface area (Å²) in [4.78, 5) is 24.8. The predicted molar refractivity (Wildman–Crippen MR) is 112 cm³/mol. The van der Waals surface area contributed by atoms with Crippen molar-refractivity contribution in [3.05, 3.63) is 0 Å². The van der Waals surface area contributed by atoms with Crippen molar-refractivity contribution >= 4 is 11.8 Å². The molecule has 5 unspecified atom stereocenters. The molecule has 4 rings (SSSR count). The van der Waals surface area contributed by atoms with Crippen molar-refractivity contribution in [2.24, 2.45) is 46.3 Å². The first-order valence-electron chi connectivity index (χ1n) is 12.0. The van der Waals surface area contributed by atoms with Gasteiger partial charge >= 0.3 is 5.97 Å². The van der Waals surface area contributed by atoms with Crippen LogP contribution < -0.4 is 0 Å². The molecule has 4 aliphatic carbocycles. The Morgan fingerprint density at radius 1 is 1.14 bits per heavy atom. The van der Waals surface area contributed by atoms with E-state index in [0.29, 0.717) is 53.6 Å². The molecular weight excluding hydrogens is 364 g/mol. The van der Waals surface area contributed by atoms with Gasteiger partial charge in [-0.3, -0.25) is 9.59 Å². The molecule has 0 amide bonds. The van der Waals surface area contributed by atoms with E-state index in [9.17, 15) is 14.7 Å². The summed E-state index contributed by atoms with van der Waals surface area (Å²) in [7, 11) is 1.47. The van der Waals surface area contributed by atoms with Gasteiger partial charge in [0.2, 0.25) is 0 Å². The third-order valence-corrected chi connectivity index (χ3v) is 10.2. The number of esters is 1. The van der Waals surface area contributed by atoms with Crippen molar-refractivity contribution < 1.29 is 19.4 Å². The summed E-state index contributed by atoms with van der Waals surface area (Å²) in [5.41, 5.74) is 0.392. The largest absolute Gasteiger partial charge is 0.469 e. The van der Waals surface area contributed by atoms with Crippen molar-refractivity contribution in [1.29, 1.82) is 0 Å². The second-order valence-electron chi connectivity index (χ2n) is 11.4. The van der Waals surface area contributed by atoms with E-state index in [1.807, 2.05) is 0 Å². The fourth-order valence-corrected chi connectivity index (χ4v) is 8.64. The van der Waals surface area contributed by atoms with E-state index in [1.54, 1.807) is 0 Å². The SMILES string of the molecule is COC(=O)CC[C@@H](C)C1CCC2C3CC(=O)C4C[C@H](O)CC[C@]4(C)C3CC[C@@]21C. The monoisotopic (exact) mass is 404 g/mol. The number of carbonyl (C=O) groups is 2. The molecule has 0 saturated heterocycles. The van der Waals surface area contributed by atoms with Crippen molar-refractivity contribution in [2.45, 2.75) is 91.1 Å². The van der Waals surface area contributed by atoms with Crippen molar-refractivity contribution in [3.63, 3.8) is 0 Å². The Morgan fingerprint density at radius 3 is 2.55 bits per heavy atom. The Hall–Kier alpha value is -0.900. The lowest BCUT2D eigenvalue weighted by atomic mass is 9.44. The molecule has 0 spiro atoms. The molecule has 29 heavy (non-hydrogen) atoms. The summed E-state index contributed by atoms with van der Waals surface area (Å²) >= 11 is 0. The van der Waals surface area contributed by atoms with Gasteiger partial charge in [0.25, 0.3) is 0 Å². The van der Waals surface area contributed by atoms with E-state index in [4.69, 9.17) is 4.74 Å². The lowest BCUT2D eigenvalue weighted by Gasteiger charge is -2.60. The van der Waals surface area contributed by atoms with Gasteiger partial charge in [-0.25, -0.2) is 0 Å². The Morgan fingerprint density at radius 2 is 1.83 bits per heavy atom. The predicted octanol–water partition coefficient (Wildman–Crippen LogP) is 4.77. The number of ether oxygens (including phenoxy) is 1. The maximum absolute atomic E-state index is 13.2. The fraction of sp³-hybridized carbons (Fsp3) is 0.920. The van der Waals surface area contributed by atoms with Crippen LogP contribution in [0, 0.1) is 46.3 Å². The summed E-state index contributed by atoms with van der Waals surface area (Å²) < 4.78 is 4.85. The van der Waals surface area contributed by atoms with Crippen LogP contribution in [0.3, 0.4) is 0 Å². The standard InChI is InChI=1S/C25H40O4/c1-15(5-8-23(28)29-4)18-6-7-19-17-14-22(27)21-13-16(26)9-11-25(21,3)20(17)10-12-24(18,19)2/h15-21,26H,5-14H2,1-4H3/t15-,16-,17?,18?,19?,20?,21?,24-,25-/m1/s1. The number of methoxy groups -OCH3 is 1.